The van der Waals surface area contributed by atoms with Crippen molar-refractivity contribution in [1.29, 1.82) is 0 Å². The number of hydrogen-bond acceptors (Lipinski definition) is 4. The standard InChI is InChI=1S/C15H18N4O/c20-15(19-11-3-2-7-16-8-6-11)12-4-1-5-13-14(12)18-10-9-17-13/h1,4-5,9-11,16H,2-3,6-8H2,(H,19,20). The van der Waals surface area contributed by atoms with Crippen molar-refractivity contribution in [2.75, 3.05) is 13.1 Å². The molecule has 1 unspecified atom stereocenters. The normalized spacial score (nSPS) is 19.5. The molecule has 2 N–H and O–H groups in total. The fourth-order valence-corrected chi connectivity index (χ4v) is 2.60. The Kier molecular flexibility index (Phi) is 3.87. The molecule has 0 radical (unpaired) electrons. The van der Waals surface area contributed by atoms with Crippen molar-refractivity contribution in [3.63, 3.8) is 0 Å². The molecule has 1 aliphatic heterocycles. The predicted octanol–water partition coefficient (Wildman–Crippen LogP) is 1.50. The average Bonchev–Trinajstić information content (AvgIpc) is 2.75. The summed E-state index contributed by atoms with van der Waals surface area (Å²) >= 11 is 0. The number of carbonyl (C=O) groups is 1. The van der Waals surface area contributed by atoms with E-state index in [4.69, 9.17) is 0 Å². The third kappa shape index (κ3) is 2.77. The van der Waals surface area contributed by atoms with Crippen molar-refractivity contribution in [2.24, 2.45) is 0 Å². The zero-order valence-corrected chi connectivity index (χ0v) is 11.3. The summed E-state index contributed by atoms with van der Waals surface area (Å²) in [6, 6.07) is 5.76. The van der Waals surface area contributed by atoms with Crippen molar-refractivity contribution >= 4 is 16.9 Å². The summed E-state index contributed by atoms with van der Waals surface area (Å²) in [5.41, 5.74) is 2.02. The number of amides is 1. The molecule has 20 heavy (non-hydrogen) atoms. The van der Waals surface area contributed by atoms with E-state index in [0.717, 1.165) is 37.9 Å². The number of para-hydroxylation sites is 1. The van der Waals surface area contributed by atoms with Crippen LogP contribution in [0.15, 0.2) is 30.6 Å². The second-order valence-corrected chi connectivity index (χ2v) is 5.08. The highest BCUT2D eigenvalue weighted by Gasteiger charge is 2.17. The number of hydrogen-bond donors (Lipinski definition) is 2. The van der Waals surface area contributed by atoms with Gasteiger partial charge in [0.1, 0.15) is 5.52 Å². The van der Waals surface area contributed by atoms with E-state index < -0.39 is 0 Å². The van der Waals surface area contributed by atoms with Gasteiger partial charge in [-0.15, -0.1) is 0 Å². The molecule has 0 bridgehead atoms. The molecule has 5 nitrogen and oxygen atoms in total. The van der Waals surface area contributed by atoms with Gasteiger partial charge in [-0.2, -0.15) is 0 Å². The van der Waals surface area contributed by atoms with Crippen LogP contribution in [0.25, 0.3) is 11.0 Å². The summed E-state index contributed by atoms with van der Waals surface area (Å²) in [5.74, 6) is -0.0528. The third-order valence-electron chi connectivity index (χ3n) is 3.65. The zero-order valence-electron chi connectivity index (χ0n) is 11.3. The monoisotopic (exact) mass is 270 g/mol. The van der Waals surface area contributed by atoms with E-state index in [1.165, 1.54) is 0 Å². The van der Waals surface area contributed by atoms with Gasteiger partial charge in [-0.25, -0.2) is 0 Å². The Balaban J connectivity index is 1.81. The van der Waals surface area contributed by atoms with Crippen molar-refractivity contribution < 1.29 is 4.79 Å². The van der Waals surface area contributed by atoms with Crippen LogP contribution in [0.2, 0.25) is 0 Å². The Labute approximate surface area is 117 Å². The van der Waals surface area contributed by atoms with Gasteiger partial charge in [0.15, 0.2) is 0 Å². The molecule has 2 heterocycles. The van der Waals surface area contributed by atoms with E-state index in [9.17, 15) is 4.79 Å². The van der Waals surface area contributed by atoms with Gasteiger partial charge < -0.3 is 10.6 Å². The van der Waals surface area contributed by atoms with Gasteiger partial charge in [0.05, 0.1) is 11.1 Å². The molecule has 1 atom stereocenters. The molecule has 1 saturated heterocycles. The van der Waals surface area contributed by atoms with Crippen molar-refractivity contribution in [2.45, 2.75) is 25.3 Å². The molecule has 0 aliphatic carbocycles. The van der Waals surface area contributed by atoms with Gasteiger partial charge in [0.25, 0.3) is 5.91 Å². The number of rotatable bonds is 2. The average molecular weight is 270 g/mol. The van der Waals surface area contributed by atoms with Gasteiger partial charge in [-0.1, -0.05) is 6.07 Å². The van der Waals surface area contributed by atoms with Crippen molar-refractivity contribution in [1.82, 2.24) is 20.6 Å². The Morgan fingerprint density at radius 2 is 2.10 bits per heavy atom. The minimum absolute atomic E-state index is 0.0528. The molecule has 1 aromatic carbocycles. The Morgan fingerprint density at radius 1 is 1.20 bits per heavy atom. The van der Waals surface area contributed by atoms with Gasteiger partial charge in [-0.05, 0) is 44.5 Å². The summed E-state index contributed by atoms with van der Waals surface area (Å²) < 4.78 is 0. The maximum absolute atomic E-state index is 12.4. The molecule has 1 aromatic heterocycles. The smallest absolute Gasteiger partial charge is 0.253 e. The lowest BCUT2D eigenvalue weighted by Gasteiger charge is -2.16. The topological polar surface area (TPSA) is 66.9 Å². The molecule has 1 aliphatic rings. The minimum atomic E-state index is -0.0528. The lowest BCUT2D eigenvalue weighted by Crippen LogP contribution is -2.35. The molecular weight excluding hydrogens is 252 g/mol. The summed E-state index contributed by atoms with van der Waals surface area (Å²) in [6.07, 6.45) is 6.35. The van der Waals surface area contributed by atoms with E-state index >= 15 is 0 Å². The van der Waals surface area contributed by atoms with Gasteiger partial charge >= 0.3 is 0 Å². The molecule has 2 aromatic rings. The van der Waals surface area contributed by atoms with E-state index in [0.29, 0.717) is 11.1 Å². The molecule has 3 rings (SSSR count). The second kappa shape index (κ2) is 5.96. The molecule has 0 saturated carbocycles. The second-order valence-electron chi connectivity index (χ2n) is 5.08. The highest BCUT2D eigenvalue weighted by Crippen LogP contribution is 2.14. The zero-order chi connectivity index (χ0) is 13.8. The lowest BCUT2D eigenvalue weighted by atomic mass is 10.1. The first kappa shape index (κ1) is 13.0. The van der Waals surface area contributed by atoms with Crippen LogP contribution in [-0.4, -0.2) is 35.0 Å². The highest BCUT2D eigenvalue weighted by molar-refractivity contribution is 6.04. The van der Waals surface area contributed by atoms with Gasteiger partial charge in [0, 0.05) is 18.4 Å². The largest absolute Gasteiger partial charge is 0.349 e. The fraction of sp³-hybridized carbons (Fsp3) is 0.400. The van der Waals surface area contributed by atoms with Crippen LogP contribution in [0.4, 0.5) is 0 Å². The van der Waals surface area contributed by atoms with Crippen LogP contribution in [-0.2, 0) is 0 Å². The minimum Gasteiger partial charge on any atom is -0.349 e. The first-order valence-electron chi connectivity index (χ1n) is 7.06. The van der Waals surface area contributed by atoms with Gasteiger partial charge in [-0.3, -0.25) is 14.8 Å². The summed E-state index contributed by atoms with van der Waals surface area (Å²) in [6.45, 7) is 1.99. The molecule has 1 amide bonds. The van der Waals surface area contributed by atoms with Crippen LogP contribution < -0.4 is 10.6 Å². The predicted molar refractivity (Wildman–Crippen MR) is 77.5 cm³/mol. The van der Waals surface area contributed by atoms with Crippen LogP contribution in [0.1, 0.15) is 29.6 Å². The third-order valence-corrected chi connectivity index (χ3v) is 3.65. The van der Waals surface area contributed by atoms with E-state index in [-0.39, 0.29) is 11.9 Å². The van der Waals surface area contributed by atoms with Crippen molar-refractivity contribution in [3.05, 3.63) is 36.2 Å². The maximum atomic E-state index is 12.4. The van der Waals surface area contributed by atoms with Gasteiger partial charge in [0.2, 0.25) is 0 Å². The summed E-state index contributed by atoms with van der Waals surface area (Å²) in [7, 11) is 0. The molecule has 1 fully saturated rings. The lowest BCUT2D eigenvalue weighted by molar-refractivity contribution is 0.0935. The van der Waals surface area contributed by atoms with E-state index in [2.05, 4.69) is 20.6 Å². The molecule has 5 heteroatoms. The highest BCUT2D eigenvalue weighted by atomic mass is 16.1. The molecule has 104 valence electrons. The summed E-state index contributed by atoms with van der Waals surface area (Å²) in [5, 5.41) is 6.47. The van der Waals surface area contributed by atoms with Crippen LogP contribution in [0.5, 0.6) is 0 Å². The van der Waals surface area contributed by atoms with Crippen LogP contribution in [0.3, 0.4) is 0 Å². The molecular formula is C15H18N4O. The number of fused-ring (bicyclic) bond motifs is 1. The fourth-order valence-electron chi connectivity index (χ4n) is 2.60. The Bertz CT molecular complexity index is 600. The van der Waals surface area contributed by atoms with Crippen LogP contribution >= 0.6 is 0 Å². The van der Waals surface area contributed by atoms with E-state index in [1.54, 1.807) is 18.5 Å². The number of carbonyl (C=O) groups excluding carboxylic acids is 1. The Morgan fingerprint density at radius 3 is 3.05 bits per heavy atom. The SMILES string of the molecule is O=C(NC1CCCNCC1)c1cccc2nccnc12. The quantitative estimate of drug-likeness (QED) is 0.868. The number of benzene rings is 1. The maximum Gasteiger partial charge on any atom is 0.253 e. The number of nitrogens with zero attached hydrogens (tertiary/aromatic N) is 2. The van der Waals surface area contributed by atoms with Crippen LogP contribution in [0, 0.1) is 0 Å². The number of aromatic nitrogens is 2. The first-order valence-corrected chi connectivity index (χ1v) is 7.06. The Hall–Kier alpha value is -2.01. The molecule has 0 spiro atoms. The first-order chi connectivity index (χ1) is 9.84. The van der Waals surface area contributed by atoms with Crippen molar-refractivity contribution in [3.8, 4) is 0 Å². The summed E-state index contributed by atoms with van der Waals surface area (Å²) in [4.78, 5) is 21.0. The van der Waals surface area contributed by atoms with E-state index in [1.807, 2.05) is 12.1 Å². The number of nitrogens with one attached hydrogen (secondary N) is 2.